The second kappa shape index (κ2) is 6.39. The van der Waals surface area contributed by atoms with Crippen LogP contribution in [0.2, 0.25) is 0 Å². The highest BCUT2D eigenvalue weighted by Crippen LogP contribution is 2.23. The molecule has 1 N–H and O–H groups in total. The van der Waals surface area contributed by atoms with Gasteiger partial charge in [-0.1, -0.05) is 0 Å². The Morgan fingerprint density at radius 1 is 1.44 bits per heavy atom. The molecule has 18 heavy (non-hydrogen) atoms. The zero-order valence-corrected chi connectivity index (χ0v) is 11.0. The van der Waals surface area contributed by atoms with Crippen molar-refractivity contribution in [3.8, 4) is 0 Å². The third kappa shape index (κ3) is 3.73. The molecule has 1 amide bonds. The van der Waals surface area contributed by atoms with Crippen molar-refractivity contribution in [3.05, 3.63) is 29.6 Å². The molecule has 0 aromatic heterocycles. The Morgan fingerprint density at radius 3 is 2.67 bits per heavy atom. The molecule has 0 saturated carbocycles. The van der Waals surface area contributed by atoms with Crippen LogP contribution in [0.3, 0.4) is 0 Å². The lowest BCUT2D eigenvalue weighted by Crippen LogP contribution is -2.27. The molecular weight excluding hydrogens is 257 g/mol. The van der Waals surface area contributed by atoms with Gasteiger partial charge in [-0.15, -0.1) is 11.8 Å². The minimum atomic E-state index is -1.12. The largest absolute Gasteiger partial charge is 0.478 e. The molecular formula is C12H14FNO3S. The SMILES string of the molecule is CCN(C)C(=O)CSc1cc(C(=O)O)ccc1F. The highest BCUT2D eigenvalue weighted by atomic mass is 32.2. The van der Waals surface area contributed by atoms with Crippen LogP contribution in [-0.4, -0.2) is 41.2 Å². The highest BCUT2D eigenvalue weighted by Gasteiger charge is 2.12. The Bertz CT molecular complexity index is 465. The monoisotopic (exact) mass is 271 g/mol. The first-order valence-corrected chi connectivity index (χ1v) is 6.33. The van der Waals surface area contributed by atoms with Crippen molar-refractivity contribution < 1.29 is 19.1 Å². The zero-order chi connectivity index (χ0) is 13.7. The Labute approximate surface area is 109 Å². The van der Waals surface area contributed by atoms with Crippen LogP contribution in [0, 0.1) is 5.82 Å². The van der Waals surface area contributed by atoms with Crippen LogP contribution in [-0.2, 0) is 4.79 Å². The average molecular weight is 271 g/mol. The van der Waals surface area contributed by atoms with E-state index < -0.39 is 11.8 Å². The van der Waals surface area contributed by atoms with Crippen molar-refractivity contribution in [2.75, 3.05) is 19.3 Å². The maximum absolute atomic E-state index is 13.4. The van der Waals surface area contributed by atoms with Crippen molar-refractivity contribution in [1.82, 2.24) is 4.90 Å². The standard InChI is InChI=1S/C12H14FNO3S/c1-3-14(2)11(15)7-18-10-6-8(12(16)17)4-5-9(10)13/h4-6H,3,7H2,1-2H3,(H,16,17). The van der Waals surface area contributed by atoms with E-state index >= 15 is 0 Å². The Morgan fingerprint density at radius 2 is 2.11 bits per heavy atom. The normalized spacial score (nSPS) is 10.2. The fourth-order valence-corrected chi connectivity index (χ4v) is 2.09. The van der Waals surface area contributed by atoms with Crippen LogP contribution in [0.4, 0.5) is 4.39 Å². The van der Waals surface area contributed by atoms with Gasteiger partial charge in [0.1, 0.15) is 5.82 Å². The number of carbonyl (C=O) groups is 2. The number of halogens is 1. The molecule has 98 valence electrons. The van der Waals surface area contributed by atoms with Crippen LogP contribution in [0.25, 0.3) is 0 Å². The van der Waals surface area contributed by atoms with Gasteiger partial charge < -0.3 is 10.0 Å². The van der Waals surface area contributed by atoms with E-state index in [0.29, 0.717) is 6.54 Å². The summed E-state index contributed by atoms with van der Waals surface area (Å²) in [6, 6.07) is 3.53. The lowest BCUT2D eigenvalue weighted by Gasteiger charge is -2.14. The van der Waals surface area contributed by atoms with Crippen LogP contribution in [0.5, 0.6) is 0 Å². The van der Waals surface area contributed by atoms with E-state index in [0.717, 1.165) is 17.8 Å². The Hall–Kier alpha value is -1.56. The van der Waals surface area contributed by atoms with Crippen LogP contribution in [0.1, 0.15) is 17.3 Å². The number of hydrogen-bond acceptors (Lipinski definition) is 3. The predicted molar refractivity (Wildman–Crippen MR) is 67.4 cm³/mol. The number of carboxylic acids is 1. The number of aromatic carboxylic acids is 1. The topological polar surface area (TPSA) is 57.6 Å². The number of carboxylic acid groups (broad SMARTS) is 1. The molecule has 4 nitrogen and oxygen atoms in total. The molecule has 0 aliphatic heterocycles. The fourth-order valence-electron chi connectivity index (χ4n) is 1.17. The van der Waals surface area contributed by atoms with E-state index in [1.807, 2.05) is 6.92 Å². The van der Waals surface area contributed by atoms with Crippen LogP contribution < -0.4 is 0 Å². The first kappa shape index (κ1) is 14.5. The fraction of sp³-hybridized carbons (Fsp3) is 0.333. The molecule has 0 spiro atoms. The van der Waals surface area contributed by atoms with Crippen molar-refractivity contribution >= 4 is 23.6 Å². The molecule has 1 aromatic rings. The third-order valence-electron chi connectivity index (χ3n) is 2.43. The minimum absolute atomic E-state index is 0.00944. The lowest BCUT2D eigenvalue weighted by molar-refractivity contribution is -0.126. The third-order valence-corrected chi connectivity index (χ3v) is 3.44. The molecule has 6 heteroatoms. The second-order valence-electron chi connectivity index (χ2n) is 3.65. The van der Waals surface area contributed by atoms with Gasteiger partial charge >= 0.3 is 5.97 Å². The molecule has 0 fully saturated rings. The van der Waals surface area contributed by atoms with E-state index in [1.165, 1.54) is 17.0 Å². The predicted octanol–water partition coefficient (Wildman–Crippen LogP) is 2.09. The minimum Gasteiger partial charge on any atom is -0.478 e. The van der Waals surface area contributed by atoms with E-state index in [-0.39, 0.29) is 22.1 Å². The van der Waals surface area contributed by atoms with E-state index in [4.69, 9.17) is 5.11 Å². The molecule has 0 aliphatic rings. The molecule has 0 saturated heterocycles. The van der Waals surface area contributed by atoms with Gasteiger partial charge in [0, 0.05) is 18.5 Å². The summed E-state index contributed by atoms with van der Waals surface area (Å²) < 4.78 is 13.4. The van der Waals surface area contributed by atoms with Crippen molar-refractivity contribution in [2.24, 2.45) is 0 Å². The van der Waals surface area contributed by atoms with Gasteiger partial charge in [0.25, 0.3) is 0 Å². The Kier molecular flexibility index (Phi) is 5.15. The maximum atomic E-state index is 13.4. The van der Waals surface area contributed by atoms with Gasteiger partial charge in [-0.05, 0) is 25.1 Å². The molecule has 0 unspecified atom stereocenters. The number of rotatable bonds is 5. The van der Waals surface area contributed by atoms with Gasteiger partial charge in [0.05, 0.1) is 11.3 Å². The number of nitrogens with zero attached hydrogens (tertiary/aromatic N) is 1. The molecule has 0 bridgehead atoms. The van der Waals surface area contributed by atoms with Gasteiger partial charge in [-0.25, -0.2) is 9.18 Å². The lowest BCUT2D eigenvalue weighted by atomic mass is 10.2. The van der Waals surface area contributed by atoms with Gasteiger partial charge in [0.15, 0.2) is 0 Å². The molecule has 0 atom stereocenters. The summed E-state index contributed by atoms with van der Waals surface area (Å²) >= 11 is 1.00. The summed E-state index contributed by atoms with van der Waals surface area (Å²) in [7, 11) is 1.66. The van der Waals surface area contributed by atoms with Crippen LogP contribution in [0.15, 0.2) is 23.1 Å². The smallest absolute Gasteiger partial charge is 0.335 e. The van der Waals surface area contributed by atoms with Gasteiger partial charge in [-0.2, -0.15) is 0 Å². The molecule has 0 heterocycles. The second-order valence-corrected chi connectivity index (χ2v) is 4.66. The maximum Gasteiger partial charge on any atom is 0.335 e. The van der Waals surface area contributed by atoms with Crippen molar-refractivity contribution in [1.29, 1.82) is 0 Å². The first-order chi connectivity index (χ1) is 8.45. The summed E-state index contributed by atoms with van der Waals surface area (Å²) in [5, 5.41) is 8.80. The number of amides is 1. The van der Waals surface area contributed by atoms with Crippen molar-refractivity contribution in [2.45, 2.75) is 11.8 Å². The summed E-state index contributed by atoms with van der Waals surface area (Å²) in [5.74, 6) is -1.67. The first-order valence-electron chi connectivity index (χ1n) is 5.35. The quantitative estimate of drug-likeness (QED) is 0.833. The Balaban J connectivity index is 2.75. The summed E-state index contributed by atoms with van der Waals surface area (Å²) in [6.45, 7) is 2.42. The zero-order valence-electron chi connectivity index (χ0n) is 10.1. The van der Waals surface area contributed by atoms with E-state index in [9.17, 15) is 14.0 Å². The number of hydrogen-bond donors (Lipinski definition) is 1. The number of thioether (sulfide) groups is 1. The number of benzene rings is 1. The number of carbonyl (C=O) groups excluding carboxylic acids is 1. The van der Waals surface area contributed by atoms with Crippen LogP contribution >= 0.6 is 11.8 Å². The highest BCUT2D eigenvalue weighted by molar-refractivity contribution is 8.00. The van der Waals surface area contributed by atoms with E-state index in [1.54, 1.807) is 7.05 Å². The van der Waals surface area contributed by atoms with Crippen molar-refractivity contribution in [3.63, 3.8) is 0 Å². The molecule has 1 aromatic carbocycles. The summed E-state index contributed by atoms with van der Waals surface area (Å²) in [6.07, 6.45) is 0. The summed E-state index contributed by atoms with van der Waals surface area (Å²) in [4.78, 5) is 24.0. The average Bonchev–Trinajstić information content (AvgIpc) is 2.36. The molecule has 0 aliphatic carbocycles. The molecule has 0 radical (unpaired) electrons. The van der Waals surface area contributed by atoms with E-state index in [2.05, 4.69) is 0 Å². The van der Waals surface area contributed by atoms with Gasteiger partial charge in [0.2, 0.25) is 5.91 Å². The van der Waals surface area contributed by atoms with Gasteiger partial charge in [-0.3, -0.25) is 4.79 Å². The molecule has 1 rings (SSSR count). The summed E-state index contributed by atoms with van der Waals surface area (Å²) in [5.41, 5.74) is 0.00944.